The van der Waals surface area contributed by atoms with E-state index in [0.717, 1.165) is 17.7 Å². The zero-order valence-electron chi connectivity index (χ0n) is 10.7. The average Bonchev–Trinajstić information content (AvgIpc) is 2.87. The highest BCUT2D eigenvalue weighted by atomic mass is 16.3. The van der Waals surface area contributed by atoms with Crippen LogP contribution in [0.1, 0.15) is 21.7 Å². The Bertz CT molecular complexity index is 539. The number of rotatable bonds is 5. The van der Waals surface area contributed by atoms with Crippen LogP contribution in [0.25, 0.3) is 0 Å². The number of aromatic nitrogens is 1. The van der Waals surface area contributed by atoms with Crippen molar-refractivity contribution in [2.24, 2.45) is 5.84 Å². The van der Waals surface area contributed by atoms with Crippen molar-refractivity contribution in [3.63, 3.8) is 0 Å². The highest BCUT2D eigenvalue weighted by molar-refractivity contribution is 5.92. The van der Waals surface area contributed by atoms with E-state index in [4.69, 9.17) is 10.3 Å². The Morgan fingerprint density at radius 1 is 1.47 bits per heavy atom. The largest absolute Gasteiger partial charge is 0.459 e. The van der Waals surface area contributed by atoms with Gasteiger partial charge in [-0.05, 0) is 24.7 Å². The molecular weight excluding hydrogens is 244 g/mol. The highest BCUT2D eigenvalue weighted by Gasteiger charge is 2.15. The summed E-state index contributed by atoms with van der Waals surface area (Å²) in [6, 6.07) is 5.67. The summed E-state index contributed by atoms with van der Waals surface area (Å²) in [5, 5.41) is 0. The first kappa shape index (κ1) is 13.3. The monoisotopic (exact) mass is 260 g/mol. The Hall–Kier alpha value is -2.18. The molecule has 2 heterocycles. The first-order valence-corrected chi connectivity index (χ1v) is 5.85. The first-order chi connectivity index (χ1) is 9.20. The number of hydrazine groups is 1. The molecule has 0 bridgehead atoms. The van der Waals surface area contributed by atoms with Crippen molar-refractivity contribution in [1.82, 2.24) is 15.3 Å². The van der Waals surface area contributed by atoms with Crippen LogP contribution in [-0.4, -0.2) is 22.8 Å². The summed E-state index contributed by atoms with van der Waals surface area (Å²) in [7, 11) is 1.96. The number of pyridine rings is 1. The van der Waals surface area contributed by atoms with Gasteiger partial charge in [0.25, 0.3) is 0 Å². The van der Waals surface area contributed by atoms with E-state index in [1.165, 1.54) is 6.26 Å². The lowest BCUT2D eigenvalue weighted by molar-refractivity contribution is 0.0923. The van der Waals surface area contributed by atoms with Crippen LogP contribution in [0, 0.1) is 0 Å². The third-order valence-corrected chi connectivity index (χ3v) is 2.70. The number of nitrogens with zero attached hydrogens (tertiary/aromatic N) is 2. The van der Waals surface area contributed by atoms with Crippen LogP contribution >= 0.6 is 0 Å². The number of nitrogens with two attached hydrogens (primary N) is 1. The second kappa shape index (κ2) is 6.12. The van der Waals surface area contributed by atoms with Gasteiger partial charge in [-0.2, -0.15) is 0 Å². The van der Waals surface area contributed by atoms with Gasteiger partial charge in [0, 0.05) is 31.0 Å². The minimum Gasteiger partial charge on any atom is -0.459 e. The van der Waals surface area contributed by atoms with Crippen LogP contribution < -0.4 is 11.3 Å². The highest BCUT2D eigenvalue weighted by Crippen LogP contribution is 2.13. The fraction of sp³-hybridized carbons (Fsp3) is 0.231. The zero-order valence-corrected chi connectivity index (χ0v) is 10.7. The van der Waals surface area contributed by atoms with Crippen LogP contribution in [0.5, 0.6) is 0 Å². The summed E-state index contributed by atoms with van der Waals surface area (Å²) in [4.78, 5) is 17.6. The fourth-order valence-electron chi connectivity index (χ4n) is 1.87. The van der Waals surface area contributed by atoms with Crippen molar-refractivity contribution in [2.75, 3.05) is 7.05 Å². The lowest BCUT2D eigenvalue weighted by Crippen LogP contribution is -2.31. The van der Waals surface area contributed by atoms with E-state index < -0.39 is 5.91 Å². The molecule has 2 aromatic heterocycles. The molecule has 0 aliphatic heterocycles. The Balaban J connectivity index is 2.01. The van der Waals surface area contributed by atoms with Gasteiger partial charge in [0.15, 0.2) is 5.76 Å². The quantitative estimate of drug-likeness (QED) is 0.474. The Kier molecular flexibility index (Phi) is 4.27. The molecule has 100 valence electrons. The third-order valence-electron chi connectivity index (χ3n) is 2.70. The molecule has 0 atom stereocenters. The van der Waals surface area contributed by atoms with E-state index in [2.05, 4.69) is 15.3 Å². The third kappa shape index (κ3) is 3.40. The van der Waals surface area contributed by atoms with Crippen LogP contribution in [0.15, 0.2) is 41.3 Å². The predicted octanol–water partition coefficient (Wildman–Crippen LogP) is 0.910. The van der Waals surface area contributed by atoms with Crippen molar-refractivity contribution in [1.29, 1.82) is 0 Å². The maximum atomic E-state index is 11.5. The molecule has 2 rings (SSSR count). The minimum atomic E-state index is -0.422. The topological polar surface area (TPSA) is 84.4 Å². The molecule has 0 spiro atoms. The first-order valence-electron chi connectivity index (χ1n) is 5.85. The number of carbonyl (C=O) groups is 1. The second-order valence-corrected chi connectivity index (χ2v) is 4.28. The summed E-state index contributed by atoms with van der Waals surface area (Å²) in [6.07, 6.45) is 5.04. The maximum Gasteiger partial charge on any atom is 0.301 e. The molecule has 6 heteroatoms. The molecule has 1 amide bonds. The van der Waals surface area contributed by atoms with E-state index in [0.29, 0.717) is 6.54 Å². The number of nitrogen functional groups attached to an aromatic ring is 1. The van der Waals surface area contributed by atoms with Crippen molar-refractivity contribution in [3.05, 3.63) is 53.7 Å². The van der Waals surface area contributed by atoms with Gasteiger partial charge < -0.3 is 4.42 Å². The summed E-state index contributed by atoms with van der Waals surface area (Å²) in [6.45, 7) is 1.33. The SMILES string of the molecule is CN(Cc1cccnc1)Cc1ccoc1C(=O)NN. The molecule has 0 aliphatic rings. The number of hydrogen-bond acceptors (Lipinski definition) is 5. The van der Waals surface area contributed by atoms with Gasteiger partial charge in [0.2, 0.25) is 0 Å². The summed E-state index contributed by atoms with van der Waals surface area (Å²) < 4.78 is 5.14. The van der Waals surface area contributed by atoms with Crippen molar-refractivity contribution in [3.8, 4) is 0 Å². The Morgan fingerprint density at radius 2 is 2.32 bits per heavy atom. The molecule has 3 N–H and O–H groups in total. The number of carbonyl (C=O) groups excluding carboxylic acids is 1. The number of hydrogen-bond donors (Lipinski definition) is 2. The lowest BCUT2D eigenvalue weighted by atomic mass is 10.2. The molecule has 0 radical (unpaired) electrons. The molecular formula is C13H16N4O2. The summed E-state index contributed by atoms with van der Waals surface area (Å²) >= 11 is 0. The predicted molar refractivity (Wildman–Crippen MR) is 69.8 cm³/mol. The van der Waals surface area contributed by atoms with E-state index in [-0.39, 0.29) is 5.76 Å². The van der Waals surface area contributed by atoms with Gasteiger partial charge in [-0.15, -0.1) is 0 Å². The van der Waals surface area contributed by atoms with Gasteiger partial charge in [-0.3, -0.25) is 20.1 Å². The lowest BCUT2D eigenvalue weighted by Gasteiger charge is -2.16. The summed E-state index contributed by atoms with van der Waals surface area (Å²) in [5.74, 6) is 4.93. The Labute approximate surface area is 111 Å². The minimum absolute atomic E-state index is 0.250. The molecule has 0 saturated carbocycles. The fourth-order valence-corrected chi connectivity index (χ4v) is 1.87. The van der Waals surface area contributed by atoms with Gasteiger partial charge in [0.1, 0.15) is 0 Å². The smallest absolute Gasteiger partial charge is 0.301 e. The van der Waals surface area contributed by atoms with E-state index in [9.17, 15) is 4.79 Å². The normalized spacial score (nSPS) is 10.7. The number of amides is 1. The Morgan fingerprint density at radius 3 is 3.00 bits per heavy atom. The van der Waals surface area contributed by atoms with Crippen molar-refractivity contribution < 1.29 is 9.21 Å². The van der Waals surface area contributed by atoms with E-state index in [1.54, 1.807) is 12.3 Å². The molecule has 6 nitrogen and oxygen atoms in total. The molecule has 0 fully saturated rings. The van der Waals surface area contributed by atoms with Crippen LogP contribution in [0.3, 0.4) is 0 Å². The molecule has 0 aromatic carbocycles. The molecule has 0 unspecified atom stereocenters. The van der Waals surface area contributed by atoms with Crippen LogP contribution in [0.4, 0.5) is 0 Å². The van der Waals surface area contributed by atoms with Gasteiger partial charge in [-0.25, -0.2) is 5.84 Å². The number of furan rings is 1. The molecule has 19 heavy (non-hydrogen) atoms. The van der Waals surface area contributed by atoms with Crippen LogP contribution in [0.2, 0.25) is 0 Å². The molecule has 0 saturated heterocycles. The average molecular weight is 260 g/mol. The zero-order chi connectivity index (χ0) is 13.7. The van der Waals surface area contributed by atoms with Crippen LogP contribution in [-0.2, 0) is 13.1 Å². The van der Waals surface area contributed by atoms with Crippen molar-refractivity contribution in [2.45, 2.75) is 13.1 Å². The van der Waals surface area contributed by atoms with E-state index in [1.807, 2.05) is 25.4 Å². The van der Waals surface area contributed by atoms with E-state index >= 15 is 0 Å². The molecule has 0 aliphatic carbocycles. The maximum absolute atomic E-state index is 11.5. The molecule has 2 aromatic rings. The van der Waals surface area contributed by atoms with Gasteiger partial charge in [0.05, 0.1) is 6.26 Å². The van der Waals surface area contributed by atoms with Gasteiger partial charge in [-0.1, -0.05) is 6.07 Å². The number of nitrogens with one attached hydrogen (secondary N) is 1. The summed E-state index contributed by atoms with van der Waals surface area (Å²) in [5.41, 5.74) is 3.98. The van der Waals surface area contributed by atoms with Gasteiger partial charge >= 0.3 is 5.91 Å². The van der Waals surface area contributed by atoms with Crippen molar-refractivity contribution >= 4 is 5.91 Å². The second-order valence-electron chi connectivity index (χ2n) is 4.28. The standard InChI is InChI=1S/C13H16N4O2/c1-17(8-10-3-2-5-15-7-10)9-11-4-6-19-12(11)13(18)16-14/h2-7H,8-9,14H2,1H3,(H,16,18).